The zero-order chi connectivity index (χ0) is 22.8. The second-order valence-electron chi connectivity index (χ2n) is 8.10. The number of rotatable bonds is 7. The minimum atomic E-state index is -0.453. The molecule has 5 rings (SSSR count). The summed E-state index contributed by atoms with van der Waals surface area (Å²) in [5.74, 6) is 0.0789. The first-order valence-electron chi connectivity index (χ1n) is 10.9. The van der Waals surface area contributed by atoms with Crippen molar-refractivity contribution in [2.45, 2.75) is 37.8 Å². The van der Waals surface area contributed by atoms with Gasteiger partial charge in [-0.25, -0.2) is 4.98 Å². The molecule has 2 aromatic heterocycles. The molecule has 1 saturated carbocycles. The van der Waals surface area contributed by atoms with Gasteiger partial charge in [-0.2, -0.15) is 10.1 Å². The van der Waals surface area contributed by atoms with E-state index in [1.807, 2.05) is 10.9 Å². The number of halogens is 2. The molecule has 1 aliphatic heterocycles. The number of nitrogens with one attached hydrogen (secondary N) is 3. The lowest BCUT2D eigenvalue weighted by Crippen LogP contribution is -2.29. The van der Waals surface area contributed by atoms with Gasteiger partial charge in [-0.15, -0.1) is 0 Å². The first-order valence-corrected chi connectivity index (χ1v) is 11.6. The molecule has 1 aromatic carbocycles. The molecule has 2 fully saturated rings. The van der Waals surface area contributed by atoms with E-state index in [4.69, 9.17) is 27.9 Å². The van der Waals surface area contributed by atoms with Gasteiger partial charge in [0.2, 0.25) is 11.8 Å². The fraction of sp³-hybridized carbons (Fsp3) is 0.364. The van der Waals surface area contributed by atoms with Crippen LogP contribution in [0.15, 0.2) is 36.8 Å². The van der Waals surface area contributed by atoms with Gasteiger partial charge in [0.15, 0.2) is 0 Å². The average molecular weight is 488 g/mol. The first-order chi connectivity index (χ1) is 16.1. The van der Waals surface area contributed by atoms with Crippen LogP contribution in [-0.2, 0) is 0 Å². The number of amides is 1. The fourth-order valence-corrected chi connectivity index (χ4v) is 4.11. The quantitative estimate of drug-likeness (QED) is 0.452. The van der Waals surface area contributed by atoms with Gasteiger partial charge < -0.3 is 20.7 Å². The molecule has 1 saturated heterocycles. The van der Waals surface area contributed by atoms with Crippen molar-refractivity contribution in [1.29, 1.82) is 0 Å². The van der Waals surface area contributed by atoms with E-state index in [1.54, 1.807) is 24.4 Å². The Morgan fingerprint density at radius 1 is 1.12 bits per heavy atom. The number of ether oxygens (including phenoxy) is 1. The third-order valence-corrected chi connectivity index (χ3v) is 6.17. The first kappa shape index (κ1) is 21.9. The predicted molar refractivity (Wildman–Crippen MR) is 127 cm³/mol. The molecule has 3 aromatic rings. The molecule has 33 heavy (non-hydrogen) atoms. The van der Waals surface area contributed by atoms with Gasteiger partial charge in [0, 0.05) is 12.4 Å². The molecule has 0 radical (unpaired) electrons. The van der Waals surface area contributed by atoms with Crippen molar-refractivity contribution in [1.82, 2.24) is 25.1 Å². The van der Waals surface area contributed by atoms with E-state index in [2.05, 4.69) is 31.0 Å². The number of carbonyl (C=O) groups excluding carboxylic acids is 1. The number of hydrogen-bond acceptors (Lipinski definition) is 7. The molecule has 2 aliphatic rings. The zero-order valence-corrected chi connectivity index (χ0v) is 19.2. The number of anilines is 3. The molecule has 0 atom stereocenters. The van der Waals surface area contributed by atoms with Gasteiger partial charge in [-0.1, -0.05) is 29.3 Å². The largest absolute Gasteiger partial charge is 0.474 e. The molecule has 9 nitrogen and oxygen atoms in total. The molecule has 1 amide bonds. The summed E-state index contributed by atoms with van der Waals surface area (Å²) < 4.78 is 7.88. The van der Waals surface area contributed by atoms with Gasteiger partial charge in [-0.3, -0.25) is 9.48 Å². The van der Waals surface area contributed by atoms with Gasteiger partial charge in [0.1, 0.15) is 11.7 Å². The van der Waals surface area contributed by atoms with Crippen LogP contribution >= 0.6 is 23.2 Å². The Morgan fingerprint density at radius 3 is 2.61 bits per heavy atom. The molecular weight excluding hydrogens is 465 g/mol. The molecule has 1 aliphatic carbocycles. The van der Waals surface area contributed by atoms with Crippen LogP contribution in [0.4, 0.5) is 17.3 Å². The highest BCUT2D eigenvalue weighted by atomic mass is 35.5. The summed E-state index contributed by atoms with van der Waals surface area (Å²) in [6, 6.07) is 5.38. The maximum atomic E-state index is 13.0. The number of hydrogen-bond donors (Lipinski definition) is 3. The lowest BCUT2D eigenvalue weighted by molar-refractivity contribution is 0.102. The van der Waals surface area contributed by atoms with Crippen LogP contribution in [0.5, 0.6) is 5.88 Å². The topological polar surface area (TPSA) is 106 Å². The van der Waals surface area contributed by atoms with Crippen LogP contribution in [0.1, 0.15) is 42.1 Å². The van der Waals surface area contributed by atoms with E-state index in [1.165, 1.54) is 6.20 Å². The summed E-state index contributed by atoms with van der Waals surface area (Å²) in [5, 5.41) is 14.4. The lowest BCUT2D eigenvalue weighted by atomic mass is 10.1. The summed E-state index contributed by atoms with van der Waals surface area (Å²) in [6.45, 7) is 1.97. The number of benzene rings is 1. The average Bonchev–Trinajstić information content (AvgIpc) is 3.51. The number of nitrogens with zero attached hydrogens (tertiary/aromatic N) is 4. The number of para-hydroxylation sites is 1. The van der Waals surface area contributed by atoms with Crippen LogP contribution < -0.4 is 20.7 Å². The van der Waals surface area contributed by atoms with Gasteiger partial charge in [0.05, 0.1) is 33.7 Å². The van der Waals surface area contributed by atoms with E-state index in [0.717, 1.165) is 44.5 Å². The highest BCUT2D eigenvalue weighted by Gasteiger charge is 2.28. The van der Waals surface area contributed by atoms with Crippen LogP contribution in [0, 0.1) is 0 Å². The molecule has 11 heteroatoms. The van der Waals surface area contributed by atoms with Crippen LogP contribution in [-0.4, -0.2) is 44.8 Å². The Morgan fingerprint density at radius 2 is 1.88 bits per heavy atom. The van der Waals surface area contributed by atoms with Gasteiger partial charge in [-0.05, 0) is 50.9 Å². The zero-order valence-electron chi connectivity index (χ0n) is 17.7. The van der Waals surface area contributed by atoms with Crippen molar-refractivity contribution in [3.05, 3.63) is 52.4 Å². The van der Waals surface area contributed by atoms with Crippen molar-refractivity contribution in [3.8, 4) is 5.88 Å². The molecular formula is C22H23Cl2N7O2. The van der Waals surface area contributed by atoms with Crippen LogP contribution in [0.3, 0.4) is 0 Å². The third-order valence-electron chi connectivity index (χ3n) is 5.54. The Kier molecular flexibility index (Phi) is 6.34. The van der Waals surface area contributed by atoms with E-state index in [-0.39, 0.29) is 17.5 Å². The monoisotopic (exact) mass is 487 g/mol. The Hall–Kier alpha value is -2.88. The lowest BCUT2D eigenvalue weighted by Gasteiger charge is -2.22. The molecule has 3 heterocycles. The highest BCUT2D eigenvalue weighted by molar-refractivity contribution is 6.40. The second kappa shape index (κ2) is 9.54. The minimum Gasteiger partial charge on any atom is -0.474 e. The summed E-state index contributed by atoms with van der Waals surface area (Å²) in [7, 11) is 0. The minimum absolute atomic E-state index is 0.0471. The van der Waals surface area contributed by atoms with Crippen molar-refractivity contribution in [3.63, 3.8) is 0 Å². The third kappa shape index (κ3) is 5.21. The van der Waals surface area contributed by atoms with E-state index in [9.17, 15) is 4.79 Å². The second-order valence-corrected chi connectivity index (χ2v) is 8.91. The smallest absolute Gasteiger partial charge is 0.262 e. The fourth-order valence-electron chi connectivity index (χ4n) is 3.62. The van der Waals surface area contributed by atoms with Crippen molar-refractivity contribution < 1.29 is 9.53 Å². The standard InChI is InChI=1S/C22H23Cl2N7O2/c23-17-2-1-3-18(24)19(17)29-20(32)16-11-26-22(30-21(16)33-15-4-5-15)28-13-10-27-31(12-13)14-6-8-25-9-7-14/h1-3,10-12,14-15,25H,4-9H2,(H,29,32)(H,26,28,30). The SMILES string of the molecule is O=C(Nc1c(Cl)cccc1Cl)c1cnc(Nc2cnn(C3CCNCC3)c2)nc1OC1CC1. The number of aromatic nitrogens is 4. The summed E-state index contributed by atoms with van der Waals surface area (Å²) >= 11 is 12.4. The van der Waals surface area contributed by atoms with Crippen LogP contribution in [0.25, 0.3) is 0 Å². The molecule has 3 N–H and O–H groups in total. The molecule has 0 spiro atoms. The van der Waals surface area contributed by atoms with Crippen molar-refractivity contribution in [2.24, 2.45) is 0 Å². The van der Waals surface area contributed by atoms with Gasteiger partial charge >= 0.3 is 0 Å². The maximum Gasteiger partial charge on any atom is 0.262 e. The maximum absolute atomic E-state index is 13.0. The van der Waals surface area contributed by atoms with Crippen LogP contribution in [0.2, 0.25) is 10.0 Å². The van der Waals surface area contributed by atoms with Crippen molar-refractivity contribution >= 4 is 46.4 Å². The highest BCUT2D eigenvalue weighted by Crippen LogP contribution is 2.32. The van der Waals surface area contributed by atoms with E-state index >= 15 is 0 Å². The molecule has 172 valence electrons. The Bertz CT molecular complexity index is 1140. The van der Waals surface area contributed by atoms with E-state index in [0.29, 0.717) is 27.7 Å². The number of piperidine rings is 1. The number of carbonyl (C=O) groups is 1. The normalized spacial score (nSPS) is 16.4. The molecule has 0 unspecified atom stereocenters. The van der Waals surface area contributed by atoms with Crippen molar-refractivity contribution in [2.75, 3.05) is 23.7 Å². The summed E-state index contributed by atoms with van der Waals surface area (Å²) in [5.41, 5.74) is 1.30. The Balaban J connectivity index is 1.35. The summed E-state index contributed by atoms with van der Waals surface area (Å²) in [6.07, 6.45) is 9.09. The van der Waals surface area contributed by atoms with E-state index < -0.39 is 5.91 Å². The Labute approximate surface area is 200 Å². The summed E-state index contributed by atoms with van der Waals surface area (Å²) in [4.78, 5) is 21.7. The van der Waals surface area contributed by atoms with Gasteiger partial charge in [0.25, 0.3) is 5.91 Å². The molecule has 0 bridgehead atoms. The predicted octanol–water partition coefficient (Wildman–Crippen LogP) is 4.44.